The van der Waals surface area contributed by atoms with Gasteiger partial charge in [0, 0.05) is 24.0 Å². The van der Waals surface area contributed by atoms with Gasteiger partial charge in [-0.25, -0.2) is 0 Å². The highest BCUT2D eigenvalue weighted by atomic mass is 32.1. The summed E-state index contributed by atoms with van der Waals surface area (Å²) in [6.45, 7) is 4.89. The van der Waals surface area contributed by atoms with E-state index in [-0.39, 0.29) is 0 Å². The Morgan fingerprint density at radius 3 is 2.76 bits per heavy atom. The Morgan fingerprint density at radius 2 is 2.24 bits per heavy atom. The molecule has 2 aromatic heterocycles. The minimum atomic E-state index is 0.341. The van der Waals surface area contributed by atoms with Crippen LogP contribution in [0.5, 0.6) is 0 Å². The smallest absolute Gasteiger partial charge is 0.0482 e. The first-order valence-corrected chi connectivity index (χ1v) is 7.66. The van der Waals surface area contributed by atoms with Gasteiger partial charge in [-0.05, 0) is 40.4 Å². The largest absolute Gasteiger partial charge is 0.329 e. The van der Waals surface area contributed by atoms with Crippen LogP contribution in [0.25, 0.3) is 0 Å². The predicted molar refractivity (Wildman–Crippen MR) is 76.5 cm³/mol. The van der Waals surface area contributed by atoms with Crippen LogP contribution in [0, 0.1) is 0 Å². The van der Waals surface area contributed by atoms with Crippen LogP contribution in [-0.2, 0) is 6.54 Å². The van der Waals surface area contributed by atoms with E-state index in [1.165, 1.54) is 10.4 Å². The highest BCUT2D eigenvalue weighted by Crippen LogP contribution is 2.24. The zero-order chi connectivity index (χ0) is 12.1. The minimum Gasteiger partial charge on any atom is -0.329 e. The molecule has 17 heavy (non-hydrogen) atoms. The summed E-state index contributed by atoms with van der Waals surface area (Å²) < 4.78 is 0. The molecular weight excluding hydrogens is 248 g/mol. The van der Waals surface area contributed by atoms with Gasteiger partial charge in [-0.2, -0.15) is 11.3 Å². The quantitative estimate of drug-likeness (QED) is 0.869. The monoisotopic (exact) mass is 266 g/mol. The second-order valence-corrected chi connectivity index (χ2v) is 5.76. The van der Waals surface area contributed by atoms with Gasteiger partial charge in [0.05, 0.1) is 0 Å². The molecular formula is C13H18N2S2. The summed E-state index contributed by atoms with van der Waals surface area (Å²) in [4.78, 5) is 3.84. The van der Waals surface area contributed by atoms with Crippen LogP contribution in [0.2, 0.25) is 0 Å². The van der Waals surface area contributed by atoms with Gasteiger partial charge in [0.15, 0.2) is 0 Å². The Labute approximate surface area is 111 Å². The fraction of sp³-hybridized carbons (Fsp3) is 0.385. The van der Waals surface area contributed by atoms with Gasteiger partial charge in [-0.3, -0.25) is 4.90 Å². The van der Waals surface area contributed by atoms with Crippen molar-refractivity contribution >= 4 is 22.7 Å². The Balaban J connectivity index is 2.10. The second kappa shape index (κ2) is 6.31. The molecule has 0 bridgehead atoms. The van der Waals surface area contributed by atoms with Crippen LogP contribution in [0.15, 0.2) is 34.3 Å². The topological polar surface area (TPSA) is 29.3 Å². The lowest BCUT2D eigenvalue weighted by Gasteiger charge is -2.29. The van der Waals surface area contributed by atoms with Crippen molar-refractivity contribution in [2.75, 3.05) is 13.1 Å². The van der Waals surface area contributed by atoms with E-state index in [9.17, 15) is 0 Å². The number of hydrogen-bond donors (Lipinski definition) is 1. The molecule has 0 saturated heterocycles. The molecule has 1 atom stereocenters. The fourth-order valence-corrected chi connectivity index (χ4v) is 3.44. The summed E-state index contributed by atoms with van der Waals surface area (Å²) in [5.74, 6) is 0. The number of thiophene rings is 2. The van der Waals surface area contributed by atoms with E-state index in [0.29, 0.717) is 12.6 Å². The van der Waals surface area contributed by atoms with E-state index >= 15 is 0 Å². The third-order valence-electron chi connectivity index (χ3n) is 2.94. The molecule has 0 saturated carbocycles. The van der Waals surface area contributed by atoms with Gasteiger partial charge in [0.2, 0.25) is 0 Å². The Morgan fingerprint density at radius 1 is 1.35 bits per heavy atom. The first kappa shape index (κ1) is 12.8. The molecule has 4 heteroatoms. The van der Waals surface area contributed by atoms with E-state index in [4.69, 9.17) is 5.73 Å². The molecule has 92 valence electrons. The number of hydrogen-bond acceptors (Lipinski definition) is 4. The number of nitrogens with two attached hydrogens (primary N) is 1. The highest BCUT2D eigenvalue weighted by molar-refractivity contribution is 7.09. The van der Waals surface area contributed by atoms with Crippen molar-refractivity contribution in [3.63, 3.8) is 0 Å². The second-order valence-electron chi connectivity index (χ2n) is 3.95. The Hall–Kier alpha value is -0.680. The van der Waals surface area contributed by atoms with Crippen molar-refractivity contribution in [2.24, 2.45) is 5.73 Å². The van der Waals surface area contributed by atoms with E-state index < -0.39 is 0 Å². The van der Waals surface area contributed by atoms with Gasteiger partial charge in [-0.1, -0.05) is 13.0 Å². The number of nitrogens with zero attached hydrogens (tertiary/aromatic N) is 1. The molecule has 2 rings (SSSR count). The normalized spacial score (nSPS) is 13.1. The molecule has 0 aliphatic rings. The zero-order valence-corrected chi connectivity index (χ0v) is 11.6. The van der Waals surface area contributed by atoms with Gasteiger partial charge in [-0.15, -0.1) is 11.3 Å². The van der Waals surface area contributed by atoms with Crippen LogP contribution < -0.4 is 5.73 Å². The molecule has 2 heterocycles. The third kappa shape index (κ3) is 3.16. The molecule has 2 aromatic rings. The summed E-state index contributed by atoms with van der Waals surface area (Å²) in [5.41, 5.74) is 7.28. The first-order chi connectivity index (χ1) is 8.35. The first-order valence-electron chi connectivity index (χ1n) is 5.83. The van der Waals surface area contributed by atoms with Crippen molar-refractivity contribution in [3.8, 4) is 0 Å². The Bertz CT molecular complexity index is 409. The fourth-order valence-electron chi connectivity index (χ4n) is 2.01. The van der Waals surface area contributed by atoms with E-state index in [0.717, 1.165) is 13.1 Å². The minimum absolute atomic E-state index is 0.341. The molecule has 0 spiro atoms. The maximum absolute atomic E-state index is 5.94. The molecule has 0 amide bonds. The average molecular weight is 266 g/mol. The molecule has 2 nitrogen and oxygen atoms in total. The Kier molecular flexibility index (Phi) is 4.74. The third-order valence-corrected chi connectivity index (χ3v) is 4.50. The van der Waals surface area contributed by atoms with E-state index in [2.05, 4.69) is 46.2 Å². The van der Waals surface area contributed by atoms with E-state index in [1.807, 2.05) is 11.3 Å². The van der Waals surface area contributed by atoms with Crippen LogP contribution >= 0.6 is 22.7 Å². The summed E-state index contributed by atoms with van der Waals surface area (Å²) in [7, 11) is 0. The molecule has 2 N–H and O–H groups in total. The highest BCUT2D eigenvalue weighted by Gasteiger charge is 2.18. The molecule has 0 radical (unpaired) electrons. The summed E-state index contributed by atoms with van der Waals surface area (Å²) in [6, 6.07) is 6.82. The van der Waals surface area contributed by atoms with Crippen molar-refractivity contribution < 1.29 is 0 Å². The SMILES string of the molecule is CCN(Cc1cccs1)C(CN)c1ccsc1. The van der Waals surface area contributed by atoms with Crippen molar-refractivity contribution in [2.45, 2.75) is 19.5 Å². The average Bonchev–Trinajstić information content (AvgIpc) is 3.00. The lowest BCUT2D eigenvalue weighted by molar-refractivity contribution is 0.205. The molecule has 0 aliphatic heterocycles. The summed E-state index contributed by atoms with van der Waals surface area (Å²) in [6.07, 6.45) is 0. The maximum atomic E-state index is 5.94. The van der Waals surface area contributed by atoms with Crippen molar-refractivity contribution in [1.29, 1.82) is 0 Å². The van der Waals surface area contributed by atoms with Gasteiger partial charge >= 0.3 is 0 Å². The van der Waals surface area contributed by atoms with Crippen molar-refractivity contribution in [3.05, 3.63) is 44.8 Å². The van der Waals surface area contributed by atoms with Crippen LogP contribution in [-0.4, -0.2) is 18.0 Å². The van der Waals surface area contributed by atoms with Gasteiger partial charge < -0.3 is 5.73 Å². The standard InChI is InChI=1S/C13H18N2S2/c1-2-15(9-12-4-3-6-17-12)13(8-14)11-5-7-16-10-11/h3-7,10,13H,2,8-9,14H2,1H3. The molecule has 0 fully saturated rings. The van der Waals surface area contributed by atoms with E-state index in [1.54, 1.807) is 11.3 Å². The molecule has 0 aromatic carbocycles. The predicted octanol–water partition coefficient (Wildman–Crippen LogP) is 3.33. The lowest BCUT2D eigenvalue weighted by Crippen LogP contribution is -2.32. The van der Waals surface area contributed by atoms with Gasteiger partial charge in [0.1, 0.15) is 0 Å². The van der Waals surface area contributed by atoms with Crippen LogP contribution in [0.1, 0.15) is 23.4 Å². The number of likely N-dealkylation sites (N-methyl/N-ethyl adjacent to an activating group) is 1. The van der Waals surface area contributed by atoms with Crippen molar-refractivity contribution in [1.82, 2.24) is 4.90 Å². The summed E-state index contributed by atoms with van der Waals surface area (Å²) in [5, 5.41) is 6.46. The lowest BCUT2D eigenvalue weighted by atomic mass is 10.1. The molecule has 0 aliphatic carbocycles. The maximum Gasteiger partial charge on any atom is 0.0482 e. The zero-order valence-electron chi connectivity index (χ0n) is 10.0. The van der Waals surface area contributed by atoms with Crippen LogP contribution in [0.4, 0.5) is 0 Å². The van der Waals surface area contributed by atoms with Crippen LogP contribution in [0.3, 0.4) is 0 Å². The summed E-state index contributed by atoms with van der Waals surface area (Å²) >= 11 is 3.55. The molecule has 1 unspecified atom stereocenters. The number of rotatable bonds is 6. The van der Waals surface area contributed by atoms with Gasteiger partial charge in [0.25, 0.3) is 0 Å².